The second kappa shape index (κ2) is 9.58. The predicted molar refractivity (Wildman–Crippen MR) is 133 cm³/mol. The summed E-state index contributed by atoms with van der Waals surface area (Å²) in [6.07, 6.45) is 0. The molecule has 0 unspecified atom stereocenters. The number of nitrogen functional groups attached to an aromatic ring is 1. The number of ketones is 1. The summed E-state index contributed by atoms with van der Waals surface area (Å²) in [7, 11) is -1.02. The zero-order valence-electron chi connectivity index (χ0n) is 18.4. The summed E-state index contributed by atoms with van der Waals surface area (Å²) in [5.41, 5.74) is 7.13. The number of thiophene rings is 1. The third kappa shape index (κ3) is 4.35. The lowest BCUT2D eigenvalue weighted by atomic mass is 10.1. The van der Waals surface area contributed by atoms with Gasteiger partial charge in [0.25, 0.3) is 0 Å². The van der Waals surface area contributed by atoms with E-state index in [9.17, 15) is 13.2 Å². The topological polar surface area (TPSA) is 108 Å². The number of methoxy groups -OCH3 is 2. The van der Waals surface area contributed by atoms with Crippen molar-refractivity contribution in [2.75, 3.05) is 25.3 Å². The highest BCUT2D eigenvalue weighted by atomic mass is 32.2. The summed E-state index contributed by atoms with van der Waals surface area (Å²) >= 11 is 0.977. The SMILES string of the molecule is COc1cccc(C(=O)c2sc(Nc3ccccc3OC)c(S(=O)(=O)c3ccccc3)c2N)c1. The summed E-state index contributed by atoms with van der Waals surface area (Å²) < 4.78 is 37.8. The second-order valence-electron chi connectivity index (χ2n) is 7.21. The molecule has 34 heavy (non-hydrogen) atoms. The van der Waals surface area contributed by atoms with Crippen molar-refractivity contribution in [3.05, 3.63) is 89.3 Å². The summed E-state index contributed by atoms with van der Waals surface area (Å²) in [6, 6.07) is 21.7. The molecule has 0 aliphatic heterocycles. The lowest BCUT2D eigenvalue weighted by molar-refractivity contribution is 0.104. The van der Waals surface area contributed by atoms with Crippen molar-refractivity contribution in [1.29, 1.82) is 0 Å². The number of ether oxygens (including phenoxy) is 2. The van der Waals surface area contributed by atoms with Crippen LogP contribution in [-0.2, 0) is 9.84 Å². The van der Waals surface area contributed by atoms with Crippen LogP contribution < -0.4 is 20.5 Å². The van der Waals surface area contributed by atoms with Crippen LogP contribution >= 0.6 is 11.3 Å². The molecular weight excluding hydrogens is 472 g/mol. The Labute approximate surface area is 201 Å². The predicted octanol–water partition coefficient (Wildman–Crippen LogP) is 5.15. The standard InChI is InChI=1S/C25H22N2O5S2/c1-31-17-10-8-9-16(15-17)22(28)23-21(26)24(34(29,30)18-11-4-3-5-12-18)25(33-23)27-19-13-6-7-14-20(19)32-2/h3-15,27H,26H2,1-2H3. The fraction of sp³-hybridized carbons (Fsp3) is 0.0800. The van der Waals surface area contributed by atoms with Crippen LogP contribution in [0.1, 0.15) is 15.2 Å². The minimum absolute atomic E-state index is 0.0722. The molecule has 4 rings (SSSR count). The van der Waals surface area contributed by atoms with Crippen LogP contribution in [0.5, 0.6) is 11.5 Å². The van der Waals surface area contributed by atoms with Crippen LogP contribution in [0.4, 0.5) is 16.4 Å². The van der Waals surface area contributed by atoms with Crippen molar-refractivity contribution < 1.29 is 22.7 Å². The van der Waals surface area contributed by atoms with E-state index in [1.165, 1.54) is 26.4 Å². The molecule has 0 amide bonds. The molecule has 0 saturated heterocycles. The number of anilines is 3. The van der Waals surface area contributed by atoms with E-state index in [4.69, 9.17) is 15.2 Å². The zero-order chi connectivity index (χ0) is 24.3. The minimum atomic E-state index is -4.04. The van der Waals surface area contributed by atoms with Crippen molar-refractivity contribution >= 4 is 43.3 Å². The van der Waals surface area contributed by atoms with Gasteiger partial charge in [-0.2, -0.15) is 0 Å². The number of nitrogens with two attached hydrogens (primary N) is 1. The molecule has 0 atom stereocenters. The van der Waals surface area contributed by atoms with Crippen LogP contribution in [0.2, 0.25) is 0 Å². The van der Waals surface area contributed by atoms with Crippen LogP contribution in [0, 0.1) is 0 Å². The van der Waals surface area contributed by atoms with Crippen LogP contribution in [0.3, 0.4) is 0 Å². The first kappa shape index (κ1) is 23.3. The Morgan fingerprint density at radius 2 is 1.62 bits per heavy atom. The molecular formula is C25H22N2O5S2. The first-order chi connectivity index (χ1) is 16.4. The molecule has 174 valence electrons. The second-order valence-corrected chi connectivity index (χ2v) is 10.1. The molecule has 9 heteroatoms. The minimum Gasteiger partial charge on any atom is -0.497 e. The van der Waals surface area contributed by atoms with Crippen LogP contribution in [0.25, 0.3) is 0 Å². The Hall–Kier alpha value is -3.82. The first-order valence-corrected chi connectivity index (χ1v) is 12.5. The molecule has 1 heterocycles. The Kier molecular flexibility index (Phi) is 6.58. The van der Waals surface area contributed by atoms with Gasteiger partial charge in [0.05, 0.1) is 30.5 Å². The van der Waals surface area contributed by atoms with E-state index in [-0.39, 0.29) is 25.4 Å². The van der Waals surface area contributed by atoms with E-state index in [2.05, 4.69) is 5.32 Å². The van der Waals surface area contributed by atoms with Gasteiger partial charge in [-0.15, -0.1) is 11.3 Å². The largest absolute Gasteiger partial charge is 0.497 e. The maximum absolute atomic E-state index is 13.6. The lowest BCUT2D eigenvalue weighted by Gasteiger charge is -2.12. The third-order valence-corrected chi connectivity index (χ3v) is 8.22. The van der Waals surface area contributed by atoms with Gasteiger partial charge in [-0.3, -0.25) is 4.79 Å². The molecule has 1 aromatic heterocycles. The van der Waals surface area contributed by atoms with Gasteiger partial charge in [0.1, 0.15) is 26.3 Å². The number of nitrogens with one attached hydrogen (secondary N) is 1. The average molecular weight is 495 g/mol. The van der Waals surface area contributed by atoms with Crippen molar-refractivity contribution in [2.24, 2.45) is 0 Å². The number of hydrogen-bond acceptors (Lipinski definition) is 8. The molecule has 3 aromatic carbocycles. The maximum Gasteiger partial charge on any atom is 0.211 e. The van der Waals surface area contributed by atoms with E-state index < -0.39 is 15.6 Å². The normalized spacial score (nSPS) is 11.1. The smallest absolute Gasteiger partial charge is 0.211 e. The summed E-state index contributed by atoms with van der Waals surface area (Å²) in [4.78, 5) is 13.4. The molecule has 3 N–H and O–H groups in total. The molecule has 0 fully saturated rings. The van der Waals surface area contributed by atoms with Crippen molar-refractivity contribution in [1.82, 2.24) is 0 Å². The molecule has 0 radical (unpaired) electrons. The molecule has 0 bridgehead atoms. The average Bonchev–Trinajstić information content (AvgIpc) is 3.20. The monoisotopic (exact) mass is 494 g/mol. The molecule has 0 aliphatic rings. The van der Waals surface area contributed by atoms with E-state index in [0.29, 0.717) is 22.7 Å². The molecule has 0 saturated carbocycles. The quantitative estimate of drug-likeness (QED) is 0.326. The van der Waals surface area contributed by atoms with Gasteiger partial charge in [0.2, 0.25) is 15.6 Å². The Morgan fingerprint density at radius 3 is 2.32 bits per heavy atom. The summed E-state index contributed by atoms with van der Waals surface area (Å²) in [5.74, 6) is 0.614. The van der Waals surface area contributed by atoms with Gasteiger partial charge < -0.3 is 20.5 Å². The van der Waals surface area contributed by atoms with E-state index >= 15 is 0 Å². The first-order valence-electron chi connectivity index (χ1n) is 10.2. The van der Waals surface area contributed by atoms with E-state index in [0.717, 1.165) is 11.3 Å². The molecule has 0 spiro atoms. The summed E-state index contributed by atoms with van der Waals surface area (Å²) in [6.45, 7) is 0. The number of rotatable bonds is 8. The van der Waals surface area contributed by atoms with Gasteiger partial charge in [0, 0.05) is 5.56 Å². The molecule has 4 aromatic rings. The van der Waals surface area contributed by atoms with Gasteiger partial charge in [-0.1, -0.05) is 42.5 Å². The van der Waals surface area contributed by atoms with Gasteiger partial charge in [0.15, 0.2) is 0 Å². The molecule has 7 nitrogen and oxygen atoms in total. The number of benzene rings is 3. The Bertz CT molecular complexity index is 1450. The number of sulfone groups is 1. The number of carbonyl (C=O) groups is 1. The Balaban J connectivity index is 1.90. The van der Waals surface area contributed by atoms with E-state index in [1.54, 1.807) is 66.7 Å². The zero-order valence-corrected chi connectivity index (χ0v) is 20.1. The number of carbonyl (C=O) groups excluding carboxylic acids is 1. The van der Waals surface area contributed by atoms with E-state index in [1.807, 2.05) is 0 Å². The molecule has 0 aliphatic carbocycles. The van der Waals surface area contributed by atoms with Gasteiger partial charge >= 0.3 is 0 Å². The van der Waals surface area contributed by atoms with Gasteiger partial charge in [-0.05, 0) is 36.4 Å². The van der Waals surface area contributed by atoms with Crippen molar-refractivity contribution in [2.45, 2.75) is 9.79 Å². The van der Waals surface area contributed by atoms with Crippen LogP contribution in [0.15, 0.2) is 88.7 Å². The van der Waals surface area contributed by atoms with Crippen LogP contribution in [-0.4, -0.2) is 28.4 Å². The van der Waals surface area contributed by atoms with Gasteiger partial charge in [-0.25, -0.2) is 8.42 Å². The number of para-hydroxylation sites is 2. The fourth-order valence-electron chi connectivity index (χ4n) is 3.43. The highest BCUT2D eigenvalue weighted by Crippen LogP contribution is 2.45. The van der Waals surface area contributed by atoms with Crippen molar-refractivity contribution in [3.8, 4) is 11.5 Å². The Morgan fingerprint density at radius 1 is 0.912 bits per heavy atom. The summed E-state index contributed by atoms with van der Waals surface area (Å²) in [5, 5.41) is 3.34. The number of hydrogen-bond donors (Lipinski definition) is 2. The lowest BCUT2D eigenvalue weighted by Crippen LogP contribution is -2.08. The fourth-order valence-corrected chi connectivity index (χ4v) is 6.38. The third-order valence-electron chi connectivity index (χ3n) is 5.12. The highest BCUT2D eigenvalue weighted by molar-refractivity contribution is 7.92. The van der Waals surface area contributed by atoms with Crippen molar-refractivity contribution in [3.63, 3.8) is 0 Å². The maximum atomic E-state index is 13.6. The highest BCUT2D eigenvalue weighted by Gasteiger charge is 2.32.